The number of aromatic nitrogens is 2. The number of rotatable bonds is 5. The molecule has 6 nitrogen and oxygen atoms in total. The minimum atomic E-state index is -0.196. The fourth-order valence-electron chi connectivity index (χ4n) is 2.82. The molecule has 1 aliphatic heterocycles. The second kappa shape index (κ2) is 7.17. The molecule has 3 rings (SSSR count). The van der Waals surface area contributed by atoms with Crippen molar-refractivity contribution in [2.75, 3.05) is 20.0 Å². The van der Waals surface area contributed by atoms with Gasteiger partial charge in [-0.05, 0) is 24.3 Å². The summed E-state index contributed by atoms with van der Waals surface area (Å²) in [5.74, 6) is 1.26. The lowest BCUT2D eigenvalue weighted by molar-refractivity contribution is -0.126. The zero-order chi connectivity index (χ0) is 17.1. The second-order valence-corrected chi connectivity index (χ2v) is 6.45. The van der Waals surface area contributed by atoms with Crippen molar-refractivity contribution >= 4 is 17.7 Å². The molecule has 1 N–H and O–H groups in total. The molecule has 1 aromatic heterocycles. The molecule has 7 heteroatoms. The summed E-state index contributed by atoms with van der Waals surface area (Å²) in [5, 5.41) is 3.92. The fraction of sp³-hybridized carbons (Fsp3) is 0.412. The van der Waals surface area contributed by atoms with Crippen LogP contribution in [0.5, 0.6) is 11.5 Å². The van der Waals surface area contributed by atoms with Gasteiger partial charge in [0.15, 0.2) is 16.7 Å². The van der Waals surface area contributed by atoms with E-state index < -0.39 is 0 Å². The largest absolute Gasteiger partial charge is 0.493 e. The van der Waals surface area contributed by atoms with Crippen LogP contribution < -0.4 is 14.8 Å². The minimum absolute atomic E-state index is 0.00429. The molecule has 0 radical (unpaired) electrons. The maximum atomic E-state index is 12.5. The third-order valence-electron chi connectivity index (χ3n) is 4.21. The Bertz CT molecular complexity index is 745. The maximum Gasteiger partial charge on any atom is 0.227 e. The van der Waals surface area contributed by atoms with E-state index in [2.05, 4.69) is 10.3 Å². The quantitative estimate of drug-likeness (QED) is 0.838. The van der Waals surface area contributed by atoms with Gasteiger partial charge in [0.2, 0.25) is 5.91 Å². The second-order valence-electron chi connectivity index (χ2n) is 5.67. The molecule has 0 spiro atoms. The summed E-state index contributed by atoms with van der Waals surface area (Å²) >= 11 is 1.58. The highest BCUT2D eigenvalue weighted by molar-refractivity contribution is 7.98. The molecule has 0 bridgehead atoms. The molecule has 0 saturated heterocycles. The van der Waals surface area contributed by atoms with Gasteiger partial charge in [-0.3, -0.25) is 4.79 Å². The molecule has 0 fully saturated rings. The molecule has 1 amide bonds. The van der Waals surface area contributed by atoms with E-state index in [0.29, 0.717) is 25.3 Å². The van der Waals surface area contributed by atoms with Crippen molar-refractivity contribution in [2.24, 2.45) is 13.0 Å². The topological polar surface area (TPSA) is 65.4 Å². The van der Waals surface area contributed by atoms with Crippen LogP contribution in [0.15, 0.2) is 29.6 Å². The summed E-state index contributed by atoms with van der Waals surface area (Å²) in [7, 11) is 3.57. The molecular weight excluding hydrogens is 326 g/mol. The predicted octanol–water partition coefficient (Wildman–Crippen LogP) is 2.02. The molecule has 128 valence electrons. The van der Waals surface area contributed by atoms with Crippen LogP contribution in [0.3, 0.4) is 0 Å². The van der Waals surface area contributed by atoms with Crippen molar-refractivity contribution in [2.45, 2.75) is 18.1 Å². The first-order valence-corrected chi connectivity index (χ1v) is 8.97. The normalized spacial score (nSPS) is 16.2. The van der Waals surface area contributed by atoms with Gasteiger partial charge < -0.3 is 19.4 Å². The number of carbonyl (C=O) groups excluding carboxylic acids is 1. The molecule has 1 aromatic carbocycles. The number of methoxy groups -OCH3 is 1. The zero-order valence-electron chi connectivity index (χ0n) is 14.0. The van der Waals surface area contributed by atoms with Crippen LogP contribution in [0.25, 0.3) is 0 Å². The zero-order valence-corrected chi connectivity index (χ0v) is 14.9. The van der Waals surface area contributed by atoms with E-state index in [-0.39, 0.29) is 11.8 Å². The van der Waals surface area contributed by atoms with Crippen LogP contribution in [0.2, 0.25) is 0 Å². The molecule has 0 unspecified atom stereocenters. The van der Waals surface area contributed by atoms with Crippen LogP contribution in [0.1, 0.15) is 11.3 Å². The Kier molecular flexibility index (Phi) is 4.99. The molecule has 1 atom stereocenters. The molecular formula is C17H21N3O3S. The van der Waals surface area contributed by atoms with Gasteiger partial charge in [0.05, 0.1) is 31.5 Å². The summed E-state index contributed by atoms with van der Waals surface area (Å²) in [6.07, 6.45) is 4.43. The van der Waals surface area contributed by atoms with E-state index in [4.69, 9.17) is 9.47 Å². The van der Waals surface area contributed by atoms with Gasteiger partial charge in [0.1, 0.15) is 6.61 Å². The molecule has 2 heterocycles. The highest BCUT2D eigenvalue weighted by atomic mass is 32.2. The van der Waals surface area contributed by atoms with Gasteiger partial charge in [0.25, 0.3) is 0 Å². The van der Waals surface area contributed by atoms with Gasteiger partial charge in [-0.25, -0.2) is 4.98 Å². The number of nitrogens with zero attached hydrogens (tertiary/aromatic N) is 2. The predicted molar refractivity (Wildman–Crippen MR) is 92.5 cm³/mol. The summed E-state index contributed by atoms with van der Waals surface area (Å²) in [6.45, 7) is 0.824. The lowest BCUT2D eigenvalue weighted by atomic mass is 9.95. The number of imidazole rings is 1. The van der Waals surface area contributed by atoms with Gasteiger partial charge in [-0.1, -0.05) is 23.9 Å². The minimum Gasteiger partial charge on any atom is -0.493 e. The maximum absolute atomic E-state index is 12.5. The van der Waals surface area contributed by atoms with Crippen LogP contribution in [-0.4, -0.2) is 35.4 Å². The first-order valence-electron chi connectivity index (χ1n) is 7.75. The summed E-state index contributed by atoms with van der Waals surface area (Å²) in [5.41, 5.74) is 1.98. The van der Waals surface area contributed by atoms with E-state index in [0.717, 1.165) is 22.2 Å². The number of hydrogen-bond donors (Lipinski definition) is 1. The first-order chi connectivity index (χ1) is 11.6. The number of benzene rings is 1. The summed E-state index contributed by atoms with van der Waals surface area (Å²) < 4.78 is 13.1. The van der Waals surface area contributed by atoms with Crippen molar-refractivity contribution in [3.8, 4) is 11.5 Å². The number of ether oxygens (including phenoxy) is 2. The number of para-hydroxylation sites is 1. The molecule has 2 aromatic rings. The Hall–Kier alpha value is -2.15. The number of fused-ring (bicyclic) bond motifs is 1. The van der Waals surface area contributed by atoms with Gasteiger partial charge in [0, 0.05) is 7.05 Å². The van der Waals surface area contributed by atoms with Gasteiger partial charge in [-0.2, -0.15) is 0 Å². The number of nitrogens with one attached hydrogen (secondary N) is 1. The van der Waals surface area contributed by atoms with Crippen LogP contribution in [0.4, 0.5) is 0 Å². The molecule has 0 aliphatic carbocycles. The Morgan fingerprint density at radius 2 is 2.38 bits per heavy atom. The van der Waals surface area contributed by atoms with Crippen molar-refractivity contribution in [3.63, 3.8) is 0 Å². The number of hydrogen-bond acceptors (Lipinski definition) is 5. The smallest absolute Gasteiger partial charge is 0.227 e. The Morgan fingerprint density at radius 1 is 1.54 bits per heavy atom. The van der Waals surface area contributed by atoms with Crippen molar-refractivity contribution < 1.29 is 14.3 Å². The van der Waals surface area contributed by atoms with E-state index in [1.165, 1.54) is 0 Å². The third-order valence-corrected chi connectivity index (χ3v) is 4.96. The lowest BCUT2D eigenvalue weighted by Gasteiger charge is -2.25. The number of amides is 1. The summed E-state index contributed by atoms with van der Waals surface area (Å²) in [6, 6.07) is 5.76. The first kappa shape index (κ1) is 16.7. The number of carbonyl (C=O) groups is 1. The standard InChI is InChI=1S/C17H21N3O3S/c1-20-13(9-19-17(20)24-3)8-18-16(21)12-7-11-5-4-6-14(22-2)15(11)23-10-12/h4-6,9,12H,7-8,10H2,1-3H3,(H,18,21)/t12-/m0/s1. The van der Waals surface area contributed by atoms with E-state index in [1.807, 2.05) is 36.1 Å². The van der Waals surface area contributed by atoms with Crippen molar-refractivity contribution in [1.82, 2.24) is 14.9 Å². The van der Waals surface area contributed by atoms with E-state index >= 15 is 0 Å². The van der Waals surface area contributed by atoms with Crippen LogP contribution >= 0.6 is 11.8 Å². The lowest BCUT2D eigenvalue weighted by Crippen LogP contribution is -2.37. The highest BCUT2D eigenvalue weighted by Gasteiger charge is 2.27. The van der Waals surface area contributed by atoms with Crippen molar-refractivity contribution in [3.05, 3.63) is 35.7 Å². The Balaban J connectivity index is 1.63. The monoisotopic (exact) mass is 347 g/mol. The molecule has 1 aliphatic rings. The molecule has 0 saturated carbocycles. The number of thioether (sulfide) groups is 1. The average Bonchev–Trinajstić information content (AvgIpc) is 2.98. The SMILES string of the molecule is COc1cccc2c1OC[C@@H](C(=O)NCc1cnc(SC)n1C)C2. The van der Waals surface area contributed by atoms with Crippen LogP contribution in [-0.2, 0) is 24.8 Å². The third kappa shape index (κ3) is 3.21. The van der Waals surface area contributed by atoms with Crippen molar-refractivity contribution in [1.29, 1.82) is 0 Å². The van der Waals surface area contributed by atoms with E-state index in [1.54, 1.807) is 25.1 Å². The van der Waals surface area contributed by atoms with Gasteiger partial charge >= 0.3 is 0 Å². The van der Waals surface area contributed by atoms with Crippen LogP contribution in [0, 0.1) is 5.92 Å². The van der Waals surface area contributed by atoms with E-state index in [9.17, 15) is 4.79 Å². The fourth-order valence-corrected chi connectivity index (χ4v) is 3.37. The Labute approximate surface area is 145 Å². The Morgan fingerprint density at radius 3 is 3.08 bits per heavy atom. The molecule has 24 heavy (non-hydrogen) atoms. The summed E-state index contributed by atoms with van der Waals surface area (Å²) in [4.78, 5) is 16.8. The van der Waals surface area contributed by atoms with Gasteiger partial charge in [-0.15, -0.1) is 0 Å². The highest BCUT2D eigenvalue weighted by Crippen LogP contribution is 2.36. The average molecular weight is 347 g/mol.